The molecule has 1 aliphatic rings. The van der Waals surface area contributed by atoms with Crippen LogP contribution in [0.25, 0.3) is 0 Å². The Kier molecular flexibility index (Phi) is 1.55. The molecule has 0 aliphatic carbocycles. The quantitative estimate of drug-likeness (QED) is 0.549. The van der Waals surface area contributed by atoms with Crippen LogP contribution in [0.15, 0.2) is 0 Å². The van der Waals surface area contributed by atoms with Gasteiger partial charge in [0.25, 0.3) is 0 Å². The van der Waals surface area contributed by atoms with E-state index in [9.17, 15) is 4.79 Å². The van der Waals surface area contributed by atoms with E-state index in [1.807, 2.05) is 0 Å². The van der Waals surface area contributed by atoms with Gasteiger partial charge in [-0.1, -0.05) is 0 Å². The van der Waals surface area contributed by atoms with Gasteiger partial charge in [-0.15, -0.1) is 0 Å². The van der Waals surface area contributed by atoms with Gasteiger partial charge in [0, 0.05) is 6.54 Å². The summed E-state index contributed by atoms with van der Waals surface area (Å²) in [5.41, 5.74) is 5.05. The molecule has 0 bridgehead atoms. The van der Waals surface area contributed by atoms with E-state index in [0.29, 0.717) is 19.8 Å². The molecule has 0 amide bonds. The lowest BCUT2D eigenvalue weighted by Gasteiger charge is -2.37. The van der Waals surface area contributed by atoms with Crippen molar-refractivity contribution in [3.63, 3.8) is 0 Å². The molecule has 0 aromatic carbocycles. The molecule has 0 aromatic rings. The molecule has 1 rings (SSSR count). The highest BCUT2D eigenvalue weighted by Crippen LogP contribution is 2.26. The van der Waals surface area contributed by atoms with Crippen molar-refractivity contribution in [2.45, 2.75) is 6.92 Å². The van der Waals surface area contributed by atoms with Gasteiger partial charge in [-0.3, -0.25) is 4.79 Å². The molecule has 1 heterocycles. The molecule has 3 heteroatoms. The SMILES string of the molecule is CC(=O)C1(CN)COC1. The molecule has 1 fully saturated rings. The number of rotatable bonds is 2. The number of carbonyl (C=O) groups is 1. The molecule has 9 heavy (non-hydrogen) atoms. The Labute approximate surface area is 54.2 Å². The Morgan fingerprint density at radius 3 is 2.33 bits per heavy atom. The fourth-order valence-electron chi connectivity index (χ4n) is 0.813. The van der Waals surface area contributed by atoms with Crippen LogP contribution < -0.4 is 5.73 Å². The van der Waals surface area contributed by atoms with Crippen LogP contribution in [0.5, 0.6) is 0 Å². The molecule has 52 valence electrons. The molecule has 0 atom stereocenters. The molecule has 0 unspecified atom stereocenters. The van der Waals surface area contributed by atoms with E-state index < -0.39 is 0 Å². The first-order valence-corrected chi connectivity index (χ1v) is 3.00. The van der Waals surface area contributed by atoms with Crippen molar-refractivity contribution in [2.24, 2.45) is 11.1 Å². The van der Waals surface area contributed by atoms with Crippen molar-refractivity contribution < 1.29 is 9.53 Å². The molecule has 0 radical (unpaired) electrons. The molecule has 3 nitrogen and oxygen atoms in total. The van der Waals surface area contributed by atoms with E-state index in [-0.39, 0.29) is 11.2 Å². The van der Waals surface area contributed by atoms with Crippen molar-refractivity contribution in [3.8, 4) is 0 Å². The summed E-state index contributed by atoms with van der Waals surface area (Å²) in [6, 6.07) is 0. The Morgan fingerprint density at radius 1 is 1.78 bits per heavy atom. The van der Waals surface area contributed by atoms with Crippen LogP contribution in [0.4, 0.5) is 0 Å². The van der Waals surface area contributed by atoms with E-state index in [1.165, 1.54) is 0 Å². The standard InChI is InChI=1S/C6H11NO2/c1-5(8)6(2-7)3-9-4-6/h2-4,7H2,1H3. The number of carbonyl (C=O) groups excluding carboxylic acids is 1. The smallest absolute Gasteiger partial charge is 0.141 e. The summed E-state index contributed by atoms with van der Waals surface area (Å²) in [4.78, 5) is 10.8. The lowest BCUT2D eigenvalue weighted by Crippen LogP contribution is -2.53. The summed E-state index contributed by atoms with van der Waals surface area (Å²) in [7, 11) is 0. The Bertz CT molecular complexity index is 124. The second kappa shape index (κ2) is 2.08. The fraction of sp³-hybridized carbons (Fsp3) is 0.833. The van der Waals surface area contributed by atoms with Crippen molar-refractivity contribution >= 4 is 5.78 Å². The highest BCUT2D eigenvalue weighted by molar-refractivity contribution is 5.83. The minimum atomic E-state index is -0.319. The van der Waals surface area contributed by atoms with E-state index in [1.54, 1.807) is 6.92 Å². The highest BCUT2D eigenvalue weighted by Gasteiger charge is 2.41. The van der Waals surface area contributed by atoms with Crippen LogP contribution in [0, 0.1) is 5.41 Å². The summed E-state index contributed by atoms with van der Waals surface area (Å²) >= 11 is 0. The van der Waals surface area contributed by atoms with Crippen LogP contribution in [-0.2, 0) is 9.53 Å². The summed E-state index contributed by atoms with van der Waals surface area (Å²) in [5, 5.41) is 0. The second-order valence-electron chi connectivity index (χ2n) is 2.53. The summed E-state index contributed by atoms with van der Waals surface area (Å²) in [5.74, 6) is 0.149. The zero-order valence-electron chi connectivity index (χ0n) is 5.52. The number of Topliss-reactive ketones (excluding diaryl/α,β-unsaturated/α-hetero) is 1. The van der Waals surface area contributed by atoms with Gasteiger partial charge < -0.3 is 10.5 Å². The fourth-order valence-corrected chi connectivity index (χ4v) is 0.813. The van der Waals surface area contributed by atoms with E-state index in [4.69, 9.17) is 10.5 Å². The lowest BCUT2D eigenvalue weighted by molar-refractivity contribution is -0.154. The predicted octanol–water partition coefficient (Wildman–Crippen LogP) is -0.449. The molecule has 0 saturated carbocycles. The number of hydrogen-bond acceptors (Lipinski definition) is 3. The number of hydrogen-bond donors (Lipinski definition) is 1. The van der Waals surface area contributed by atoms with Gasteiger partial charge in [-0.25, -0.2) is 0 Å². The first-order chi connectivity index (χ1) is 4.21. The first kappa shape index (κ1) is 6.71. The monoisotopic (exact) mass is 129 g/mol. The average Bonchev–Trinajstić information content (AvgIpc) is 1.62. The van der Waals surface area contributed by atoms with Crippen molar-refractivity contribution in [1.82, 2.24) is 0 Å². The van der Waals surface area contributed by atoms with Crippen molar-refractivity contribution in [2.75, 3.05) is 19.8 Å². The van der Waals surface area contributed by atoms with Crippen molar-refractivity contribution in [1.29, 1.82) is 0 Å². The van der Waals surface area contributed by atoms with E-state index in [0.717, 1.165) is 0 Å². The normalized spacial score (nSPS) is 22.9. The topological polar surface area (TPSA) is 52.3 Å². The maximum Gasteiger partial charge on any atom is 0.141 e. The van der Waals surface area contributed by atoms with Crippen LogP contribution in [0.3, 0.4) is 0 Å². The number of ether oxygens (including phenoxy) is 1. The largest absolute Gasteiger partial charge is 0.379 e. The molecule has 2 N–H and O–H groups in total. The van der Waals surface area contributed by atoms with Crippen LogP contribution in [0.1, 0.15) is 6.92 Å². The molecule has 1 saturated heterocycles. The molecule has 0 aromatic heterocycles. The van der Waals surface area contributed by atoms with Crippen LogP contribution in [0.2, 0.25) is 0 Å². The van der Waals surface area contributed by atoms with Gasteiger partial charge in [0.15, 0.2) is 0 Å². The van der Waals surface area contributed by atoms with Gasteiger partial charge in [-0.05, 0) is 6.92 Å². The highest BCUT2D eigenvalue weighted by atomic mass is 16.5. The van der Waals surface area contributed by atoms with Crippen LogP contribution >= 0.6 is 0 Å². The second-order valence-corrected chi connectivity index (χ2v) is 2.53. The zero-order chi connectivity index (χ0) is 6.91. The Hall–Kier alpha value is -0.410. The van der Waals surface area contributed by atoms with E-state index in [2.05, 4.69) is 0 Å². The maximum absolute atomic E-state index is 10.8. The third-order valence-corrected chi connectivity index (χ3v) is 1.89. The molecule has 1 aliphatic heterocycles. The van der Waals surface area contributed by atoms with Gasteiger partial charge in [0.05, 0.1) is 18.6 Å². The zero-order valence-corrected chi connectivity index (χ0v) is 5.52. The summed E-state index contributed by atoms with van der Waals surface area (Å²) in [6.07, 6.45) is 0. The third kappa shape index (κ3) is 0.862. The Balaban J connectivity index is 2.57. The Morgan fingerprint density at radius 2 is 2.33 bits per heavy atom. The van der Waals surface area contributed by atoms with Gasteiger partial charge in [0.1, 0.15) is 5.78 Å². The van der Waals surface area contributed by atoms with Gasteiger partial charge in [-0.2, -0.15) is 0 Å². The first-order valence-electron chi connectivity index (χ1n) is 3.00. The molecule has 0 spiro atoms. The average molecular weight is 129 g/mol. The third-order valence-electron chi connectivity index (χ3n) is 1.89. The molecular weight excluding hydrogens is 118 g/mol. The minimum Gasteiger partial charge on any atom is -0.379 e. The number of ketones is 1. The summed E-state index contributed by atoms with van der Waals surface area (Å²) < 4.78 is 4.89. The van der Waals surface area contributed by atoms with Crippen LogP contribution in [-0.4, -0.2) is 25.5 Å². The maximum atomic E-state index is 10.8. The predicted molar refractivity (Wildman–Crippen MR) is 33.0 cm³/mol. The van der Waals surface area contributed by atoms with Gasteiger partial charge >= 0.3 is 0 Å². The lowest BCUT2D eigenvalue weighted by atomic mass is 9.82. The summed E-state index contributed by atoms with van der Waals surface area (Å²) in [6.45, 7) is 3.01. The van der Waals surface area contributed by atoms with Gasteiger partial charge in [0.2, 0.25) is 0 Å². The van der Waals surface area contributed by atoms with E-state index >= 15 is 0 Å². The van der Waals surface area contributed by atoms with Crippen molar-refractivity contribution in [3.05, 3.63) is 0 Å². The number of nitrogens with two attached hydrogens (primary N) is 1. The molecular formula is C6H11NO2. The minimum absolute atomic E-state index is 0.149.